The molecule has 0 heterocycles. The van der Waals surface area contributed by atoms with Crippen LogP contribution in [0.3, 0.4) is 0 Å². The highest BCUT2D eigenvalue weighted by Crippen LogP contribution is 2.62. The smallest absolute Gasteiger partial charge is 0.0977 e. The number of allylic oxidation sites excluding steroid dienone is 1. The van der Waals surface area contributed by atoms with E-state index in [9.17, 15) is 5.11 Å². The van der Waals surface area contributed by atoms with Gasteiger partial charge in [-0.3, -0.25) is 0 Å². The first kappa shape index (κ1) is 12.8. The Balaban J connectivity index is 1.96. The zero-order valence-electron chi connectivity index (χ0n) is 12.6. The Kier molecular flexibility index (Phi) is 2.50. The summed E-state index contributed by atoms with van der Waals surface area (Å²) in [5, 5.41) is 11.4. The van der Waals surface area contributed by atoms with Gasteiger partial charge >= 0.3 is 0 Å². The first-order valence-corrected chi connectivity index (χ1v) is 7.66. The lowest BCUT2D eigenvalue weighted by Crippen LogP contribution is -2.40. The zero-order valence-corrected chi connectivity index (χ0v) is 12.6. The van der Waals surface area contributed by atoms with Crippen LogP contribution in [0.5, 0.6) is 0 Å². The molecule has 0 saturated carbocycles. The molecule has 0 saturated heterocycles. The molecule has 0 aromatic heterocycles. The lowest BCUT2D eigenvalue weighted by molar-refractivity contribution is -0.0305. The number of rotatable bonds is 0. The van der Waals surface area contributed by atoms with Crippen molar-refractivity contribution in [2.24, 2.45) is 5.41 Å². The van der Waals surface area contributed by atoms with E-state index in [4.69, 9.17) is 0 Å². The molecule has 1 atom stereocenters. The van der Waals surface area contributed by atoms with Gasteiger partial charge in [0.1, 0.15) is 0 Å². The summed E-state index contributed by atoms with van der Waals surface area (Å²) in [6, 6.07) is 16.9. The van der Waals surface area contributed by atoms with E-state index >= 15 is 0 Å². The second-order valence-electron chi connectivity index (χ2n) is 6.52. The van der Waals surface area contributed by atoms with E-state index in [0.29, 0.717) is 0 Å². The number of hydrogen-bond acceptors (Lipinski definition) is 1. The van der Waals surface area contributed by atoms with Gasteiger partial charge in [-0.2, -0.15) is 0 Å². The summed E-state index contributed by atoms with van der Waals surface area (Å²) in [7, 11) is 0. The van der Waals surface area contributed by atoms with Gasteiger partial charge in [-0.05, 0) is 54.5 Å². The van der Waals surface area contributed by atoms with Crippen LogP contribution in [0.2, 0.25) is 0 Å². The average Bonchev–Trinajstić information content (AvgIpc) is 2.96. The van der Waals surface area contributed by atoms with Crippen LogP contribution in [0.25, 0.3) is 5.57 Å². The molecule has 2 aliphatic carbocycles. The van der Waals surface area contributed by atoms with Crippen molar-refractivity contribution in [2.75, 3.05) is 0 Å². The van der Waals surface area contributed by atoms with Gasteiger partial charge in [0.05, 0.1) is 5.60 Å². The molecule has 1 unspecified atom stereocenters. The molecule has 0 bridgehead atoms. The van der Waals surface area contributed by atoms with E-state index in [1.54, 1.807) is 0 Å². The summed E-state index contributed by atoms with van der Waals surface area (Å²) < 4.78 is 0. The van der Waals surface area contributed by atoms with E-state index in [1.807, 2.05) is 13.0 Å². The Bertz CT molecular complexity index is 727. The highest BCUT2D eigenvalue weighted by atomic mass is 16.3. The molecule has 2 aliphatic rings. The SMILES string of the molecule is CC=C1c2ccccc2C(C)(O)C12Cc1ccccc1C2. The third-order valence-corrected chi connectivity index (χ3v) is 5.58. The van der Waals surface area contributed by atoms with Crippen molar-refractivity contribution < 1.29 is 5.11 Å². The minimum atomic E-state index is -0.815. The van der Waals surface area contributed by atoms with Crippen molar-refractivity contribution >= 4 is 5.57 Å². The van der Waals surface area contributed by atoms with Crippen LogP contribution in [0.1, 0.15) is 36.1 Å². The topological polar surface area (TPSA) is 20.2 Å². The molecule has 2 aromatic carbocycles. The predicted octanol–water partition coefficient (Wildman–Crippen LogP) is 4.10. The Labute approximate surface area is 126 Å². The highest BCUT2D eigenvalue weighted by molar-refractivity contribution is 5.81. The highest BCUT2D eigenvalue weighted by Gasteiger charge is 2.58. The van der Waals surface area contributed by atoms with Crippen molar-refractivity contribution in [1.82, 2.24) is 0 Å². The van der Waals surface area contributed by atoms with Crippen LogP contribution >= 0.6 is 0 Å². The van der Waals surface area contributed by atoms with Crippen molar-refractivity contribution in [1.29, 1.82) is 0 Å². The average molecular weight is 276 g/mol. The van der Waals surface area contributed by atoms with Crippen LogP contribution in [-0.4, -0.2) is 5.11 Å². The maximum atomic E-state index is 11.4. The molecule has 1 spiro atoms. The third kappa shape index (κ3) is 1.45. The number of hydrogen-bond donors (Lipinski definition) is 1. The third-order valence-electron chi connectivity index (χ3n) is 5.58. The van der Waals surface area contributed by atoms with E-state index in [-0.39, 0.29) is 5.41 Å². The van der Waals surface area contributed by atoms with Crippen LogP contribution < -0.4 is 0 Å². The largest absolute Gasteiger partial charge is 0.384 e. The van der Waals surface area contributed by atoms with Crippen molar-refractivity contribution in [2.45, 2.75) is 32.3 Å². The van der Waals surface area contributed by atoms with Gasteiger partial charge in [0.2, 0.25) is 0 Å². The second kappa shape index (κ2) is 4.08. The maximum Gasteiger partial charge on any atom is 0.0977 e. The van der Waals surface area contributed by atoms with Gasteiger partial charge < -0.3 is 5.11 Å². The van der Waals surface area contributed by atoms with Gasteiger partial charge in [0.25, 0.3) is 0 Å². The molecular weight excluding hydrogens is 256 g/mol. The summed E-state index contributed by atoms with van der Waals surface area (Å²) in [6.45, 7) is 4.09. The first-order chi connectivity index (χ1) is 10.1. The minimum absolute atomic E-state index is 0.213. The molecule has 0 amide bonds. The number of benzene rings is 2. The van der Waals surface area contributed by atoms with Gasteiger partial charge in [-0.1, -0.05) is 54.6 Å². The first-order valence-electron chi connectivity index (χ1n) is 7.66. The molecule has 1 heteroatoms. The van der Waals surface area contributed by atoms with Gasteiger partial charge in [0, 0.05) is 5.41 Å². The minimum Gasteiger partial charge on any atom is -0.384 e. The summed E-state index contributed by atoms with van der Waals surface area (Å²) in [6.07, 6.45) is 4.04. The fourth-order valence-corrected chi connectivity index (χ4v) is 4.50. The molecule has 0 radical (unpaired) electrons. The van der Waals surface area contributed by atoms with E-state index in [0.717, 1.165) is 18.4 Å². The number of aliphatic hydroxyl groups is 1. The molecule has 0 fully saturated rings. The van der Waals surface area contributed by atoms with Gasteiger partial charge in [0.15, 0.2) is 0 Å². The van der Waals surface area contributed by atoms with Crippen molar-refractivity contribution in [3.8, 4) is 0 Å². The monoisotopic (exact) mass is 276 g/mol. The lowest BCUT2D eigenvalue weighted by Gasteiger charge is -2.38. The molecule has 106 valence electrons. The summed E-state index contributed by atoms with van der Waals surface area (Å²) >= 11 is 0. The molecule has 21 heavy (non-hydrogen) atoms. The summed E-state index contributed by atoms with van der Waals surface area (Å²) in [5.74, 6) is 0. The van der Waals surface area contributed by atoms with Gasteiger partial charge in [-0.25, -0.2) is 0 Å². The Morgan fingerprint density at radius 2 is 1.52 bits per heavy atom. The van der Waals surface area contributed by atoms with E-state index < -0.39 is 5.60 Å². The fraction of sp³-hybridized carbons (Fsp3) is 0.300. The van der Waals surface area contributed by atoms with Crippen molar-refractivity contribution in [3.05, 3.63) is 76.9 Å². The zero-order chi connectivity index (χ0) is 14.7. The van der Waals surface area contributed by atoms with Crippen LogP contribution in [0.15, 0.2) is 54.6 Å². The van der Waals surface area contributed by atoms with Crippen LogP contribution in [0.4, 0.5) is 0 Å². The molecule has 4 rings (SSSR count). The normalized spacial score (nSPS) is 27.1. The molecule has 1 N–H and O–H groups in total. The summed E-state index contributed by atoms with van der Waals surface area (Å²) in [5.41, 5.74) is 5.33. The lowest BCUT2D eigenvalue weighted by atomic mass is 9.69. The Hall–Kier alpha value is -1.86. The second-order valence-corrected chi connectivity index (χ2v) is 6.52. The standard InChI is InChI=1S/C20H20O/c1-3-17-16-10-6-7-11-18(16)19(2,21)20(17)12-14-8-4-5-9-15(14)13-20/h3-11,21H,12-13H2,1-2H3. The van der Waals surface area contributed by atoms with E-state index in [2.05, 4.69) is 55.5 Å². The molecule has 0 aliphatic heterocycles. The van der Waals surface area contributed by atoms with Crippen molar-refractivity contribution in [3.63, 3.8) is 0 Å². The maximum absolute atomic E-state index is 11.4. The Morgan fingerprint density at radius 3 is 2.14 bits per heavy atom. The molecule has 1 nitrogen and oxygen atoms in total. The van der Waals surface area contributed by atoms with Crippen LogP contribution in [0, 0.1) is 5.41 Å². The van der Waals surface area contributed by atoms with E-state index in [1.165, 1.54) is 22.3 Å². The van der Waals surface area contributed by atoms with Crippen LogP contribution in [-0.2, 0) is 18.4 Å². The van der Waals surface area contributed by atoms with Gasteiger partial charge in [-0.15, -0.1) is 0 Å². The molecule has 2 aromatic rings. The fourth-order valence-electron chi connectivity index (χ4n) is 4.50. The Morgan fingerprint density at radius 1 is 0.952 bits per heavy atom. The number of fused-ring (bicyclic) bond motifs is 2. The predicted molar refractivity (Wildman–Crippen MR) is 85.9 cm³/mol. The molecular formula is C20H20O. The summed E-state index contributed by atoms with van der Waals surface area (Å²) in [4.78, 5) is 0. The quantitative estimate of drug-likeness (QED) is 0.768.